The van der Waals surface area contributed by atoms with Crippen LogP contribution < -0.4 is 0 Å². The fraction of sp³-hybridized carbons (Fsp3) is 0.667. The summed E-state index contributed by atoms with van der Waals surface area (Å²) in [6, 6.07) is 0. The van der Waals surface area contributed by atoms with Crippen molar-refractivity contribution in [2.75, 3.05) is 14.2 Å². The van der Waals surface area contributed by atoms with Crippen LogP contribution in [0.4, 0.5) is 0 Å². The van der Waals surface area contributed by atoms with Gasteiger partial charge in [-0.25, -0.2) is 0 Å². The Labute approximate surface area is 204 Å². The van der Waals surface area contributed by atoms with E-state index in [1.165, 1.54) is 7.11 Å². The summed E-state index contributed by atoms with van der Waals surface area (Å²) in [5, 5.41) is -0.0896. The van der Waals surface area contributed by atoms with E-state index in [-0.39, 0.29) is 29.1 Å². The Morgan fingerprint density at radius 2 is 1.91 bits per heavy atom. The molecule has 6 nitrogen and oxygen atoms in total. The Balaban J connectivity index is 2.16. The maximum atomic E-state index is 13.6. The van der Waals surface area contributed by atoms with Gasteiger partial charge in [0.1, 0.15) is 12.4 Å². The summed E-state index contributed by atoms with van der Waals surface area (Å²) in [6.45, 7) is 14.5. The topological polar surface area (TPSA) is 78.9 Å². The minimum absolute atomic E-state index is 0.0519. The van der Waals surface area contributed by atoms with E-state index in [0.29, 0.717) is 19.3 Å². The number of hydrogen-bond acceptors (Lipinski definition) is 6. The normalized spacial score (nSPS) is 27.0. The number of carbonyl (C=O) groups is 3. The van der Waals surface area contributed by atoms with Gasteiger partial charge in [0.2, 0.25) is 0 Å². The van der Waals surface area contributed by atoms with Crippen molar-refractivity contribution < 1.29 is 28.3 Å². The molecule has 0 amide bonds. The summed E-state index contributed by atoms with van der Waals surface area (Å²) < 4.78 is 17.5. The first kappa shape index (κ1) is 26.6. The highest BCUT2D eigenvalue weighted by atomic mass is 28.4. The van der Waals surface area contributed by atoms with Crippen LogP contribution >= 0.6 is 0 Å². The first-order chi connectivity index (χ1) is 15.7. The van der Waals surface area contributed by atoms with Crippen LogP contribution in [0.3, 0.4) is 0 Å². The molecule has 0 radical (unpaired) electrons. The van der Waals surface area contributed by atoms with E-state index in [1.807, 2.05) is 19.9 Å². The van der Waals surface area contributed by atoms with E-state index in [2.05, 4.69) is 33.9 Å². The van der Waals surface area contributed by atoms with Gasteiger partial charge in [0, 0.05) is 30.3 Å². The number of aldehydes is 1. The second-order valence-corrected chi connectivity index (χ2v) is 16.3. The van der Waals surface area contributed by atoms with E-state index >= 15 is 0 Å². The predicted octanol–water partition coefficient (Wildman–Crippen LogP) is 5.30. The summed E-state index contributed by atoms with van der Waals surface area (Å²) >= 11 is 0. The van der Waals surface area contributed by atoms with Gasteiger partial charge in [-0.1, -0.05) is 33.3 Å². The van der Waals surface area contributed by atoms with E-state index < -0.39 is 25.8 Å². The Kier molecular flexibility index (Phi) is 7.22. The lowest BCUT2D eigenvalue weighted by atomic mass is 9.57. The smallest absolute Gasteiger partial charge is 0.312 e. The SMILES string of the molecule is COC(=O)[C@@]1([C@H](C)[C@H](C=O)O[Si](C)(C)C(C)(C)C)CCC2=C3C(=C(C)CC(OC)=C2)C(=O)C[C@@H]31. The van der Waals surface area contributed by atoms with Gasteiger partial charge in [0.15, 0.2) is 14.1 Å². The van der Waals surface area contributed by atoms with Crippen molar-refractivity contribution in [2.45, 2.75) is 84.5 Å². The number of ether oxygens (including phenoxy) is 2. The molecule has 1 saturated carbocycles. The zero-order valence-corrected chi connectivity index (χ0v) is 23.2. The monoisotopic (exact) mass is 488 g/mol. The van der Waals surface area contributed by atoms with Gasteiger partial charge in [-0.2, -0.15) is 0 Å². The fourth-order valence-corrected chi connectivity index (χ4v) is 7.05. The lowest BCUT2D eigenvalue weighted by Crippen LogP contribution is -2.54. The van der Waals surface area contributed by atoms with Crippen molar-refractivity contribution >= 4 is 26.4 Å². The molecule has 4 atom stereocenters. The zero-order valence-electron chi connectivity index (χ0n) is 22.2. The third-order valence-corrected chi connectivity index (χ3v) is 13.2. The molecule has 0 aromatic carbocycles. The van der Waals surface area contributed by atoms with Gasteiger partial charge in [0.25, 0.3) is 0 Å². The number of carbonyl (C=O) groups excluding carboxylic acids is 3. The predicted molar refractivity (Wildman–Crippen MR) is 134 cm³/mol. The molecule has 0 bridgehead atoms. The average Bonchev–Trinajstić information content (AvgIpc) is 3.04. The molecule has 0 heterocycles. The standard InChI is InChI=1S/C27H40O6Si/c1-16-12-19(31-6)13-18-10-11-27(25(30)32-7,20-14-21(29)23(16)24(18)20)17(2)22(15-28)33-34(8,9)26(3,4)5/h13,15,17,20,22H,10-12,14H2,1-9H3/t17-,20+,22+,27-/m1/s1. The number of ketones is 1. The molecule has 3 rings (SSSR count). The molecule has 7 heteroatoms. The van der Waals surface area contributed by atoms with Gasteiger partial charge in [-0.15, -0.1) is 0 Å². The Hall–Kier alpha value is -1.99. The van der Waals surface area contributed by atoms with Crippen molar-refractivity contribution in [2.24, 2.45) is 17.3 Å². The molecule has 3 aliphatic rings. The maximum Gasteiger partial charge on any atom is 0.312 e. The van der Waals surface area contributed by atoms with E-state index in [0.717, 1.165) is 34.3 Å². The van der Waals surface area contributed by atoms with Crippen LogP contribution in [0.15, 0.2) is 34.1 Å². The highest BCUT2D eigenvalue weighted by Gasteiger charge is 2.60. The lowest BCUT2D eigenvalue weighted by Gasteiger charge is -2.48. The van der Waals surface area contributed by atoms with Crippen molar-refractivity contribution in [3.8, 4) is 0 Å². The number of methoxy groups -OCH3 is 2. The number of Topliss-reactive ketones (excluding diaryl/α,β-unsaturated/α-hetero) is 1. The lowest BCUT2D eigenvalue weighted by molar-refractivity contribution is -0.165. The molecular weight excluding hydrogens is 448 g/mol. The average molecular weight is 489 g/mol. The van der Waals surface area contributed by atoms with Crippen LogP contribution in [0.2, 0.25) is 18.1 Å². The van der Waals surface area contributed by atoms with Crippen LogP contribution in [0.1, 0.15) is 60.3 Å². The molecule has 0 aliphatic heterocycles. The van der Waals surface area contributed by atoms with Crippen LogP contribution in [-0.2, 0) is 28.3 Å². The van der Waals surface area contributed by atoms with Crippen LogP contribution in [0.25, 0.3) is 0 Å². The summed E-state index contributed by atoms with van der Waals surface area (Å²) in [6.07, 6.45) is 4.02. The minimum Gasteiger partial charge on any atom is -0.501 e. The highest BCUT2D eigenvalue weighted by molar-refractivity contribution is 6.74. The van der Waals surface area contributed by atoms with Gasteiger partial charge < -0.3 is 18.7 Å². The Bertz CT molecular complexity index is 980. The molecular formula is C27H40O6Si. The summed E-state index contributed by atoms with van der Waals surface area (Å²) in [4.78, 5) is 39.3. The van der Waals surface area contributed by atoms with E-state index in [4.69, 9.17) is 13.9 Å². The second kappa shape index (κ2) is 9.23. The number of hydrogen-bond donors (Lipinski definition) is 0. The van der Waals surface area contributed by atoms with Crippen LogP contribution in [0, 0.1) is 17.3 Å². The second-order valence-electron chi connectivity index (χ2n) is 11.6. The number of esters is 1. The Morgan fingerprint density at radius 1 is 1.26 bits per heavy atom. The summed E-state index contributed by atoms with van der Waals surface area (Å²) in [5.74, 6) is -0.300. The first-order valence-corrected chi connectivity index (χ1v) is 15.1. The van der Waals surface area contributed by atoms with Crippen LogP contribution in [-0.4, -0.2) is 46.7 Å². The largest absolute Gasteiger partial charge is 0.501 e. The van der Waals surface area contributed by atoms with Gasteiger partial charge >= 0.3 is 5.97 Å². The van der Waals surface area contributed by atoms with Gasteiger partial charge in [0.05, 0.1) is 25.4 Å². The fourth-order valence-electron chi connectivity index (χ4n) is 5.76. The third kappa shape index (κ3) is 4.15. The van der Waals surface area contributed by atoms with E-state index in [1.54, 1.807) is 7.11 Å². The summed E-state index contributed by atoms with van der Waals surface area (Å²) in [7, 11) is 0.740. The quantitative estimate of drug-likeness (QED) is 0.275. The molecule has 188 valence electrons. The van der Waals surface area contributed by atoms with Crippen molar-refractivity contribution in [1.82, 2.24) is 0 Å². The molecule has 0 spiro atoms. The summed E-state index contributed by atoms with van der Waals surface area (Å²) in [5.41, 5.74) is 2.67. The molecule has 34 heavy (non-hydrogen) atoms. The maximum absolute atomic E-state index is 13.6. The number of rotatable bonds is 7. The molecule has 3 aliphatic carbocycles. The molecule has 0 saturated heterocycles. The first-order valence-electron chi connectivity index (χ1n) is 12.2. The molecule has 1 fully saturated rings. The van der Waals surface area contributed by atoms with Crippen molar-refractivity contribution in [3.05, 3.63) is 34.1 Å². The van der Waals surface area contributed by atoms with Crippen molar-refractivity contribution in [1.29, 1.82) is 0 Å². The third-order valence-electron chi connectivity index (χ3n) is 8.77. The van der Waals surface area contributed by atoms with Crippen molar-refractivity contribution in [3.63, 3.8) is 0 Å². The Morgan fingerprint density at radius 3 is 2.44 bits per heavy atom. The zero-order chi connectivity index (χ0) is 25.6. The molecule has 0 unspecified atom stereocenters. The number of allylic oxidation sites excluding steroid dienone is 5. The minimum atomic E-state index is -2.29. The molecule has 0 aromatic heterocycles. The van der Waals surface area contributed by atoms with E-state index in [9.17, 15) is 14.4 Å². The van der Waals surface area contributed by atoms with Gasteiger partial charge in [-0.3, -0.25) is 9.59 Å². The van der Waals surface area contributed by atoms with Crippen LogP contribution in [0.5, 0.6) is 0 Å². The molecule has 0 aromatic rings. The molecule has 0 N–H and O–H groups in total. The highest BCUT2D eigenvalue weighted by Crippen LogP contribution is 2.59. The van der Waals surface area contributed by atoms with Gasteiger partial charge in [-0.05, 0) is 55.1 Å².